The van der Waals surface area contributed by atoms with E-state index in [2.05, 4.69) is 38.2 Å². The Hall–Kier alpha value is -0.860. The first kappa shape index (κ1) is 11.2. The van der Waals surface area contributed by atoms with Crippen molar-refractivity contribution in [2.75, 3.05) is 46.3 Å². The summed E-state index contributed by atoms with van der Waals surface area (Å²) in [5, 5.41) is 0. The fourth-order valence-corrected chi connectivity index (χ4v) is 3.47. The summed E-state index contributed by atoms with van der Waals surface area (Å²) in [6.45, 7) is 11.7. The van der Waals surface area contributed by atoms with Crippen molar-refractivity contribution in [3.05, 3.63) is 35.4 Å². The zero-order valence-electron chi connectivity index (χ0n) is 11.2. The van der Waals surface area contributed by atoms with Crippen LogP contribution in [0.25, 0.3) is 0 Å². The maximum absolute atomic E-state index is 2.43. The molecule has 0 radical (unpaired) electrons. The van der Waals surface area contributed by atoms with E-state index in [0.29, 0.717) is 0 Å². The smallest absolute Gasteiger partial charge is 0.129 e. The molecule has 2 heteroatoms. The molecule has 0 amide bonds. The van der Waals surface area contributed by atoms with Crippen molar-refractivity contribution in [2.24, 2.45) is 0 Å². The molecule has 0 spiro atoms. The number of nitrogens with zero attached hydrogens (tertiary/aromatic N) is 2. The van der Waals surface area contributed by atoms with Crippen LogP contribution in [0.2, 0.25) is 0 Å². The Morgan fingerprint density at radius 1 is 1.00 bits per heavy atom. The lowest BCUT2D eigenvalue weighted by molar-refractivity contribution is -1.08. The Balaban J connectivity index is 1.77. The maximum Gasteiger partial charge on any atom is 0.129 e. The van der Waals surface area contributed by atoms with Gasteiger partial charge in [-0.1, -0.05) is 29.8 Å². The van der Waals surface area contributed by atoms with E-state index in [4.69, 9.17) is 0 Å². The van der Waals surface area contributed by atoms with Gasteiger partial charge in [0.1, 0.15) is 45.8 Å². The van der Waals surface area contributed by atoms with E-state index in [-0.39, 0.29) is 0 Å². The van der Waals surface area contributed by atoms with Gasteiger partial charge in [-0.15, -0.1) is 0 Å². The quantitative estimate of drug-likeness (QED) is 0.682. The Bertz CT molecular complexity index is 400. The van der Waals surface area contributed by atoms with Gasteiger partial charge < -0.3 is 8.97 Å². The van der Waals surface area contributed by atoms with Crippen molar-refractivity contribution in [1.82, 2.24) is 0 Å². The lowest BCUT2D eigenvalue weighted by Crippen LogP contribution is -2.73. The number of rotatable bonds is 2. The van der Waals surface area contributed by atoms with Crippen LogP contribution < -0.4 is 0 Å². The summed E-state index contributed by atoms with van der Waals surface area (Å²) < 4.78 is 2.67. The summed E-state index contributed by atoms with van der Waals surface area (Å²) in [7, 11) is 2.43. The van der Waals surface area contributed by atoms with Crippen LogP contribution >= 0.6 is 0 Å². The fraction of sp³-hybridized carbons (Fsp3) is 0.600. The normalized spacial score (nSPS) is 36.1. The van der Waals surface area contributed by atoms with E-state index in [9.17, 15) is 0 Å². The zero-order chi connectivity index (χ0) is 11.9. The fourth-order valence-electron chi connectivity index (χ4n) is 3.47. The third kappa shape index (κ3) is 2.12. The van der Waals surface area contributed by atoms with Crippen LogP contribution in [0.5, 0.6) is 0 Å². The van der Waals surface area contributed by atoms with Crippen LogP contribution in [0, 0.1) is 6.92 Å². The average molecular weight is 232 g/mol. The largest absolute Gasteiger partial charge is 0.312 e. The molecule has 0 saturated carbocycles. The highest BCUT2D eigenvalue weighted by Gasteiger charge is 2.46. The second-order valence-electron chi connectivity index (χ2n) is 6.45. The number of benzene rings is 1. The van der Waals surface area contributed by atoms with Crippen molar-refractivity contribution < 1.29 is 8.97 Å². The maximum atomic E-state index is 2.43. The molecule has 3 saturated heterocycles. The van der Waals surface area contributed by atoms with Crippen LogP contribution in [-0.4, -0.2) is 55.3 Å². The molecule has 1 aromatic rings. The first-order valence-corrected chi connectivity index (χ1v) is 6.84. The van der Waals surface area contributed by atoms with Crippen LogP contribution in [0.4, 0.5) is 0 Å². The zero-order valence-corrected chi connectivity index (χ0v) is 11.2. The summed E-state index contributed by atoms with van der Waals surface area (Å²) in [4.78, 5) is 0. The Morgan fingerprint density at radius 2 is 1.65 bits per heavy atom. The van der Waals surface area contributed by atoms with Crippen molar-refractivity contribution in [3.63, 3.8) is 0 Å². The molecule has 1 aromatic carbocycles. The van der Waals surface area contributed by atoms with Crippen molar-refractivity contribution >= 4 is 0 Å². The number of likely N-dealkylation sites (N-methyl/N-ethyl adjacent to an activating group) is 1. The lowest BCUT2D eigenvalue weighted by atomic mass is 10.0. The monoisotopic (exact) mass is 232 g/mol. The second-order valence-corrected chi connectivity index (χ2v) is 6.45. The van der Waals surface area contributed by atoms with Gasteiger partial charge in [0, 0.05) is 5.56 Å². The molecular formula is C15H24N2+2. The van der Waals surface area contributed by atoms with E-state index in [1.807, 2.05) is 0 Å². The number of hydrogen-bond donors (Lipinski definition) is 0. The topological polar surface area (TPSA) is 0 Å². The van der Waals surface area contributed by atoms with Gasteiger partial charge in [-0.05, 0) is 6.92 Å². The van der Waals surface area contributed by atoms with Gasteiger partial charge in [-0.3, -0.25) is 0 Å². The van der Waals surface area contributed by atoms with Gasteiger partial charge in [-0.2, -0.15) is 0 Å². The van der Waals surface area contributed by atoms with E-state index >= 15 is 0 Å². The minimum atomic E-state index is 1.25. The SMILES string of the molecule is Cc1cccc(C[N+]23CC[N+](C)(CC2)CC3)c1. The van der Waals surface area contributed by atoms with E-state index in [0.717, 1.165) is 0 Å². The van der Waals surface area contributed by atoms with Gasteiger partial charge >= 0.3 is 0 Å². The molecule has 3 heterocycles. The van der Waals surface area contributed by atoms with E-state index < -0.39 is 0 Å². The van der Waals surface area contributed by atoms with Gasteiger partial charge in [0.15, 0.2) is 0 Å². The molecule has 0 aliphatic carbocycles. The molecule has 0 atom stereocenters. The predicted octanol–water partition coefficient (Wildman–Crippen LogP) is 1.79. The van der Waals surface area contributed by atoms with Gasteiger partial charge in [0.25, 0.3) is 0 Å². The molecule has 17 heavy (non-hydrogen) atoms. The summed E-state index contributed by atoms with van der Waals surface area (Å²) in [5.41, 5.74) is 2.93. The molecule has 3 aliphatic rings. The minimum absolute atomic E-state index is 1.25. The molecule has 3 aliphatic heterocycles. The summed E-state index contributed by atoms with van der Waals surface area (Å²) in [6.07, 6.45) is 0. The van der Waals surface area contributed by atoms with E-state index in [1.54, 1.807) is 0 Å². The Labute approximate surface area is 105 Å². The molecule has 0 aromatic heterocycles. The highest BCUT2D eigenvalue weighted by Crippen LogP contribution is 2.27. The number of fused-ring (bicyclic) bond motifs is 3. The molecule has 92 valence electrons. The molecule has 3 fully saturated rings. The standard InChI is InChI=1S/C15H24N2/c1-14-4-3-5-15(12-14)13-17-9-6-16(2,7-10-17)8-11-17/h3-5,12H,6-11,13H2,1-2H3/q+2. The first-order chi connectivity index (χ1) is 8.09. The van der Waals surface area contributed by atoms with Crippen LogP contribution in [0.1, 0.15) is 11.1 Å². The van der Waals surface area contributed by atoms with Crippen LogP contribution in [0.15, 0.2) is 24.3 Å². The van der Waals surface area contributed by atoms with Crippen LogP contribution in [0.3, 0.4) is 0 Å². The van der Waals surface area contributed by atoms with Crippen molar-refractivity contribution in [2.45, 2.75) is 13.5 Å². The van der Waals surface area contributed by atoms with Gasteiger partial charge in [0.2, 0.25) is 0 Å². The molecule has 2 bridgehead atoms. The van der Waals surface area contributed by atoms with E-state index in [1.165, 1.54) is 65.9 Å². The van der Waals surface area contributed by atoms with Crippen molar-refractivity contribution in [1.29, 1.82) is 0 Å². The molecule has 2 nitrogen and oxygen atoms in total. The van der Waals surface area contributed by atoms with Crippen molar-refractivity contribution in [3.8, 4) is 0 Å². The third-order valence-electron chi connectivity index (χ3n) is 4.94. The molecular weight excluding hydrogens is 208 g/mol. The summed E-state index contributed by atoms with van der Waals surface area (Å²) >= 11 is 0. The highest BCUT2D eigenvalue weighted by molar-refractivity contribution is 5.21. The number of piperazine rings is 3. The summed E-state index contributed by atoms with van der Waals surface area (Å²) in [6, 6.07) is 9.07. The lowest BCUT2D eigenvalue weighted by Gasteiger charge is -2.54. The predicted molar refractivity (Wildman–Crippen MR) is 70.5 cm³/mol. The van der Waals surface area contributed by atoms with Crippen LogP contribution in [-0.2, 0) is 6.54 Å². The number of aryl methyl sites for hydroxylation is 1. The molecule has 4 rings (SSSR count). The minimum Gasteiger partial charge on any atom is -0.312 e. The molecule has 0 unspecified atom stereocenters. The molecule has 0 N–H and O–H groups in total. The average Bonchev–Trinajstić information content (AvgIpc) is 2.31. The first-order valence-electron chi connectivity index (χ1n) is 6.84. The van der Waals surface area contributed by atoms with Gasteiger partial charge in [0.05, 0.1) is 7.05 Å². The Morgan fingerprint density at radius 3 is 2.24 bits per heavy atom. The number of quaternary nitrogens is 2. The highest BCUT2D eigenvalue weighted by atomic mass is 15.5. The summed E-state index contributed by atoms with van der Waals surface area (Å²) in [5.74, 6) is 0. The van der Waals surface area contributed by atoms with Gasteiger partial charge in [-0.25, -0.2) is 0 Å². The Kier molecular flexibility index (Phi) is 2.53. The third-order valence-corrected chi connectivity index (χ3v) is 4.94. The number of hydrogen-bond acceptors (Lipinski definition) is 0. The second kappa shape index (κ2) is 3.82.